The summed E-state index contributed by atoms with van der Waals surface area (Å²) < 4.78 is 18.6. The van der Waals surface area contributed by atoms with Crippen LogP contribution < -0.4 is 10.2 Å². The molecule has 7 nitrogen and oxygen atoms in total. The van der Waals surface area contributed by atoms with Gasteiger partial charge in [0.2, 0.25) is 5.91 Å². The molecular formula is C21H23FN4O3. The first kappa shape index (κ1) is 19.3. The third-order valence-corrected chi connectivity index (χ3v) is 5.13. The van der Waals surface area contributed by atoms with Gasteiger partial charge >= 0.3 is 0 Å². The summed E-state index contributed by atoms with van der Waals surface area (Å²) in [7, 11) is 0. The zero-order valence-electron chi connectivity index (χ0n) is 16.1. The third kappa shape index (κ3) is 4.89. The van der Waals surface area contributed by atoms with Gasteiger partial charge in [-0.2, -0.15) is 0 Å². The molecule has 1 aromatic carbocycles. The van der Waals surface area contributed by atoms with Crippen LogP contribution in [0.2, 0.25) is 0 Å². The molecule has 0 unspecified atom stereocenters. The quantitative estimate of drug-likeness (QED) is 0.793. The van der Waals surface area contributed by atoms with Crippen LogP contribution in [0, 0.1) is 5.82 Å². The van der Waals surface area contributed by atoms with E-state index in [0.717, 1.165) is 31.9 Å². The van der Waals surface area contributed by atoms with Crippen molar-refractivity contribution >= 4 is 23.5 Å². The van der Waals surface area contributed by atoms with Crippen molar-refractivity contribution in [3.05, 3.63) is 53.5 Å². The Labute approximate surface area is 168 Å². The van der Waals surface area contributed by atoms with Crippen LogP contribution in [0.15, 0.2) is 34.8 Å². The van der Waals surface area contributed by atoms with Gasteiger partial charge in [0.25, 0.3) is 0 Å². The predicted molar refractivity (Wildman–Crippen MR) is 106 cm³/mol. The number of carbonyl (C=O) groups excluding carboxylic acids is 2. The first-order valence-electron chi connectivity index (χ1n) is 9.76. The number of benzene rings is 1. The maximum Gasteiger partial charge on any atom is 0.234 e. The molecule has 29 heavy (non-hydrogen) atoms. The Balaban J connectivity index is 1.18. The minimum atomic E-state index is -0.237. The molecule has 1 N–H and O–H groups in total. The molecule has 1 amide bonds. The highest BCUT2D eigenvalue weighted by molar-refractivity contribution is 5.97. The van der Waals surface area contributed by atoms with Gasteiger partial charge in [-0.1, -0.05) is 0 Å². The molecule has 2 heterocycles. The van der Waals surface area contributed by atoms with E-state index >= 15 is 0 Å². The predicted octanol–water partition coefficient (Wildman–Crippen LogP) is 1.43. The number of rotatable bonds is 6. The number of hydrogen-bond acceptors (Lipinski definition) is 6. The highest BCUT2D eigenvalue weighted by Crippen LogP contribution is 2.19. The van der Waals surface area contributed by atoms with E-state index in [9.17, 15) is 14.0 Å². The van der Waals surface area contributed by atoms with E-state index in [1.807, 2.05) is 0 Å². The number of piperazine rings is 1. The van der Waals surface area contributed by atoms with Crippen LogP contribution in [0.1, 0.15) is 17.3 Å². The second-order valence-corrected chi connectivity index (χ2v) is 7.23. The molecule has 0 spiro atoms. The van der Waals surface area contributed by atoms with Crippen molar-refractivity contribution in [2.45, 2.75) is 12.8 Å². The van der Waals surface area contributed by atoms with Crippen LogP contribution >= 0.6 is 0 Å². The first-order valence-corrected chi connectivity index (χ1v) is 9.76. The molecular weight excluding hydrogens is 375 g/mol. The molecule has 152 valence electrons. The number of ketones is 1. The summed E-state index contributed by atoms with van der Waals surface area (Å²) in [6, 6.07) is 6.50. The summed E-state index contributed by atoms with van der Waals surface area (Å²) in [5.41, 5.74) is 1.70. The number of anilines is 1. The molecule has 0 atom stereocenters. The number of nitrogens with zero attached hydrogens (tertiary/aromatic N) is 3. The Bertz CT molecular complexity index is 915. The van der Waals surface area contributed by atoms with Gasteiger partial charge in [0.05, 0.1) is 13.0 Å². The van der Waals surface area contributed by atoms with Crippen LogP contribution in [-0.2, 0) is 22.4 Å². The van der Waals surface area contributed by atoms with Crippen LogP contribution in [0.3, 0.4) is 0 Å². The molecule has 2 aromatic rings. The summed E-state index contributed by atoms with van der Waals surface area (Å²) in [6.07, 6.45) is 3.90. The number of allylic oxidation sites excluding steroid dienone is 1. The maximum absolute atomic E-state index is 13.0. The summed E-state index contributed by atoms with van der Waals surface area (Å²) in [5, 5.41) is 2.90. The van der Waals surface area contributed by atoms with Crippen molar-refractivity contribution in [1.82, 2.24) is 15.2 Å². The molecule has 1 aliphatic heterocycles. The number of fused-ring (bicyclic) bond motifs is 1. The Kier molecular flexibility index (Phi) is 5.71. The molecule has 4 rings (SSSR count). The Morgan fingerprint density at radius 2 is 1.90 bits per heavy atom. The number of oxazole rings is 1. The van der Waals surface area contributed by atoms with Crippen molar-refractivity contribution in [3.8, 4) is 0 Å². The average molecular weight is 398 g/mol. The van der Waals surface area contributed by atoms with Gasteiger partial charge in [-0.3, -0.25) is 14.5 Å². The SMILES string of the molecule is O=C1C=Cc2nc(CCNC(=O)CN3CCN(c4ccc(F)cc4)CC3)oc2C1. The molecule has 2 aliphatic rings. The smallest absolute Gasteiger partial charge is 0.234 e. The number of halogens is 1. The zero-order valence-corrected chi connectivity index (χ0v) is 16.1. The van der Waals surface area contributed by atoms with Gasteiger partial charge < -0.3 is 14.6 Å². The standard InChI is InChI=1S/C21H23FN4O3/c22-15-1-3-16(4-2-15)26-11-9-25(10-12-26)14-20(28)23-8-7-21-24-18-6-5-17(27)13-19(18)29-21/h1-6H,7-14H2,(H,23,28). The normalized spacial score (nSPS) is 16.7. The van der Waals surface area contributed by atoms with E-state index in [1.54, 1.807) is 18.2 Å². The van der Waals surface area contributed by atoms with Crippen molar-refractivity contribution in [1.29, 1.82) is 0 Å². The molecule has 0 radical (unpaired) electrons. The Morgan fingerprint density at radius 3 is 2.66 bits per heavy atom. The van der Waals surface area contributed by atoms with Gasteiger partial charge in [0.15, 0.2) is 11.7 Å². The van der Waals surface area contributed by atoms with Crippen molar-refractivity contribution in [2.24, 2.45) is 0 Å². The third-order valence-electron chi connectivity index (χ3n) is 5.13. The fraction of sp³-hybridized carbons (Fsp3) is 0.381. The minimum Gasteiger partial charge on any atom is -0.445 e. The highest BCUT2D eigenvalue weighted by atomic mass is 19.1. The minimum absolute atomic E-state index is 0.00743. The lowest BCUT2D eigenvalue weighted by molar-refractivity contribution is -0.122. The lowest BCUT2D eigenvalue weighted by Crippen LogP contribution is -2.49. The summed E-state index contributed by atoms with van der Waals surface area (Å²) >= 11 is 0. The zero-order chi connectivity index (χ0) is 20.2. The van der Waals surface area contributed by atoms with Gasteiger partial charge in [0, 0.05) is 44.8 Å². The van der Waals surface area contributed by atoms with Crippen LogP contribution in [-0.4, -0.2) is 60.8 Å². The second-order valence-electron chi connectivity index (χ2n) is 7.23. The van der Waals surface area contributed by atoms with E-state index in [-0.39, 0.29) is 23.9 Å². The van der Waals surface area contributed by atoms with Crippen molar-refractivity contribution < 1.29 is 18.4 Å². The number of hydrogen-bond donors (Lipinski definition) is 1. The van der Waals surface area contributed by atoms with Crippen LogP contribution in [0.25, 0.3) is 6.08 Å². The van der Waals surface area contributed by atoms with Gasteiger partial charge in [-0.15, -0.1) is 0 Å². The van der Waals surface area contributed by atoms with Gasteiger partial charge in [0.1, 0.15) is 17.3 Å². The number of carbonyl (C=O) groups is 2. The van der Waals surface area contributed by atoms with E-state index in [1.165, 1.54) is 18.2 Å². The molecule has 8 heteroatoms. The van der Waals surface area contributed by atoms with E-state index in [0.29, 0.717) is 36.9 Å². The Morgan fingerprint density at radius 1 is 1.14 bits per heavy atom. The van der Waals surface area contributed by atoms with Crippen molar-refractivity contribution in [3.63, 3.8) is 0 Å². The largest absolute Gasteiger partial charge is 0.445 e. The van der Waals surface area contributed by atoms with Crippen molar-refractivity contribution in [2.75, 3.05) is 44.2 Å². The van der Waals surface area contributed by atoms with Gasteiger partial charge in [-0.05, 0) is 36.4 Å². The molecule has 0 saturated carbocycles. The number of aromatic nitrogens is 1. The van der Waals surface area contributed by atoms with E-state index < -0.39 is 0 Å². The number of amides is 1. The lowest BCUT2D eigenvalue weighted by atomic mass is 10.1. The fourth-order valence-electron chi connectivity index (χ4n) is 3.55. The molecule has 1 saturated heterocycles. The summed E-state index contributed by atoms with van der Waals surface area (Å²) in [6.45, 7) is 3.93. The van der Waals surface area contributed by atoms with Crippen LogP contribution in [0.4, 0.5) is 10.1 Å². The topological polar surface area (TPSA) is 78.7 Å². The maximum atomic E-state index is 13.0. The molecule has 1 aliphatic carbocycles. The summed E-state index contributed by atoms with van der Waals surface area (Å²) in [5.74, 6) is 0.860. The molecule has 1 aromatic heterocycles. The lowest BCUT2D eigenvalue weighted by Gasteiger charge is -2.35. The summed E-state index contributed by atoms with van der Waals surface area (Å²) in [4.78, 5) is 32.2. The average Bonchev–Trinajstić information content (AvgIpc) is 3.11. The number of nitrogens with one attached hydrogen (secondary N) is 1. The Hall–Kier alpha value is -3.00. The molecule has 0 bridgehead atoms. The van der Waals surface area contributed by atoms with Crippen LogP contribution in [0.5, 0.6) is 0 Å². The van der Waals surface area contributed by atoms with E-state index in [2.05, 4.69) is 20.1 Å². The first-order chi connectivity index (χ1) is 14.1. The fourth-order valence-corrected chi connectivity index (χ4v) is 3.55. The molecule has 1 fully saturated rings. The van der Waals surface area contributed by atoms with Gasteiger partial charge in [-0.25, -0.2) is 9.37 Å². The highest BCUT2D eigenvalue weighted by Gasteiger charge is 2.20. The monoisotopic (exact) mass is 398 g/mol. The van der Waals surface area contributed by atoms with E-state index in [4.69, 9.17) is 4.42 Å². The second kappa shape index (κ2) is 8.57.